The van der Waals surface area contributed by atoms with Gasteiger partial charge >= 0.3 is 8.25 Å². The van der Waals surface area contributed by atoms with Crippen LogP contribution in [0, 0.1) is 0 Å². The van der Waals surface area contributed by atoms with Gasteiger partial charge in [-0.15, -0.1) is 32.2 Å². The lowest BCUT2D eigenvalue weighted by atomic mass is 10.5. The van der Waals surface area contributed by atoms with Crippen molar-refractivity contribution in [3.63, 3.8) is 0 Å². The zero-order valence-electron chi connectivity index (χ0n) is 7.00. The van der Waals surface area contributed by atoms with Gasteiger partial charge in [-0.3, -0.25) is 0 Å². The fourth-order valence-corrected chi connectivity index (χ4v) is 1.43. The Balaban J connectivity index is 3.34. The standard InChI is InChI=1S/C6H12Cl2O3P/c1-5(7)3-10-12(9)11-4-6(2)8/h5-6H,3-4H2,1-2H3/q+1. The average Bonchev–Trinajstić information content (AvgIpc) is 1.96. The predicted molar refractivity (Wildman–Crippen MR) is 50.1 cm³/mol. The summed E-state index contributed by atoms with van der Waals surface area (Å²) in [5.41, 5.74) is 0. The highest BCUT2D eigenvalue weighted by Crippen LogP contribution is 2.24. The first-order valence-electron chi connectivity index (χ1n) is 3.53. The monoisotopic (exact) mass is 233 g/mol. The summed E-state index contributed by atoms with van der Waals surface area (Å²) in [4.78, 5) is 0. The van der Waals surface area contributed by atoms with Crippen molar-refractivity contribution in [2.75, 3.05) is 13.2 Å². The molecule has 6 heteroatoms. The molecule has 12 heavy (non-hydrogen) atoms. The predicted octanol–water partition coefficient (Wildman–Crippen LogP) is 2.93. The summed E-state index contributed by atoms with van der Waals surface area (Å²) >= 11 is 11.1. The molecule has 0 aromatic heterocycles. The molecule has 0 saturated carbocycles. The Morgan fingerprint density at radius 3 is 1.75 bits per heavy atom. The van der Waals surface area contributed by atoms with Gasteiger partial charge in [0.2, 0.25) is 0 Å². The maximum Gasteiger partial charge on any atom is 0.697 e. The first-order valence-corrected chi connectivity index (χ1v) is 5.50. The maximum absolute atomic E-state index is 10.8. The van der Waals surface area contributed by atoms with E-state index in [2.05, 4.69) is 0 Å². The molecule has 0 rings (SSSR count). The van der Waals surface area contributed by atoms with Gasteiger partial charge in [0.1, 0.15) is 13.2 Å². The van der Waals surface area contributed by atoms with E-state index in [1.807, 2.05) is 0 Å². The van der Waals surface area contributed by atoms with Crippen molar-refractivity contribution in [2.24, 2.45) is 0 Å². The van der Waals surface area contributed by atoms with Crippen LogP contribution in [0.5, 0.6) is 0 Å². The van der Waals surface area contributed by atoms with Crippen LogP contribution in [0.4, 0.5) is 0 Å². The lowest BCUT2D eigenvalue weighted by Gasteiger charge is -1.95. The van der Waals surface area contributed by atoms with Gasteiger partial charge in [-0.1, -0.05) is 0 Å². The first-order chi connectivity index (χ1) is 5.52. The van der Waals surface area contributed by atoms with Gasteiger partial charge in [0.05, 0.1) is 10.8 Å². The van der Waals surface area contributed by atoms with Crippen LogP contribution in [0.2, 0.25) is 0 Å². The van der Waals surface area contributed by atoms with Crippen molar-refractivity contribution in [3.8, 4) is 0 Å². The smallest absolute Gasteiger partial charge is 0.121 e. The third-order valence-electron chi connectivity index (χ3n) is 0.819. The van der Waals surface area contributed by atoms with Crippen LogP contribution in [0.3, 0.4) is 0 Å². The van der Waals surface area contributed by atoms with Gasteiger partial charge < -0.3 is 0 Å². The van der Waals surface area contributed by atoms with Crippen LogP contribution < -0.4 is 0 Å². The molecule has 0 aromatic carbocycles. The molecule has 0 radical (unpaired) electrons. The maximum atomic E-state index is 10.8. The van der Waals surface area contributed by atoms with Crippen molar-refractivity contribution in [3.05, 3.63) is 0 Å². The van der Waals surface area contributed by atoms with E-state index in [4.69, 9.17) is 32.2 Å². The van der Waals surface area contributed by atoms with Crippen molar-refractivity contribution in [2.45, 2.75) is 24.6 Å². The molecule has 0 aliphatic heterocycles. The highest BCUT2D eigenvalue weighted by Gasteiger charge is 2.21. The molecule has 0 N–H and O–H groups in total. The molecule has 3 nitrogen and oxygen atoms in total. The molecule has 0 bridgehead atoms. The minimum Gasteiger partial charge on any atom is -0.121 e. The summed E-state index contributed by atoms with van der Waals surface area (Å²) in [5.74, 6) is 0. The molecule has 0 aromatic rings. The highest BCUT2D eigenvalue weighted by molar-refractivity contribution is 7.33. The number of hydrogen-bond donors (Lipinski definition) is 0. The van der Waals surface area contributed by atoms with E-state index in [9.17, 15) is 4.57 Å². The van der Waals surface area contributed by atoms with Gasteiger partial charge in [0.15, 0.2) is 0 Å². The quantitative estimate of drug-likeness (QED) is 0.523. The summed E-state index contributed by atoms with van der Waals surface area (Å²) in [6.07, 6.45) is 0. The van der Waals surface area contributed by atoms with E-state index >= 15 is 0 Å². The molecule has 2 atom stereocenters. The molecule has 72 valence electrons. The number of halogens is 2. The molecule has 0 aliphatic rings. The Kier molecular flexibility index (Phi) is 7.40. The first kappa shape index (κ1) is 12.6. The Morgan fingerprint density at radius 2 is 1.50 bits per heavy atom. The normalized spacial score (nSPS) is 17.2. The van der Waals surface area contributed by atoms with E-state index in [1.165, 1.54) is 0 Å². The Bertz CT molecular complexity index is 127. The van der Waals surface area contributed by atoms with Gasteiger partial charge in [0.25, 0.3) is 0 Å². The molecule has 0 spiro atoms. The lowest BCUT2D eigenvalue weighted by Crippen LogP contribution is -2.03. The molecule has 0 amide bonds. The van der Waals surface area contributed by atoms with Gasteiger partial charge in [0, 0.05) is 4.57 Å². The minimum atomic E-state index is -2.06. The van der Waals surface area contributed by atoms with Crippen molar-refractivity contribution in [1.29, 1.82) is 0 Å². The van der Waals surface area contributed by atoms with Crippen LogP contribution >= 0.6 is 31.5 Å². The van der Waals surface area contributed by atoms with Crippen LogP contribution in [0.25, 0.3) is 0 Å². The van der Waals surface area contributed by atoms with Gasteiger partial charge in [-0.2, -0.15) is 0 Å². The third kappa shape index (κ3) is 8.69. The summed E-state index contributed by atoms with van der Waals surface area (Å²) in [5, 5.41) is -0.332. The fourth-order valence-electron chi connectivity index (χ4n) is 0.364. The van der Waals surface area contributed by atoms with E-state index < -0.39 is 8.25 Å². The number of hydrogen-bond acceptors (Lipinski definition) is 3. The van der Waals surface area contributed by atoms with Crippen LogP contribution in [-0.2, 0) is 13.6 Å². The molecule has 0 heterocycles. The number of alkyl halides is 2. The second-order valence-corrected chi connectivity index (χ2v) is 4.83. The Labute approximate surface area is 83.3 Å². The van der Waals surface area contributed by atoms with Crippen LogP contribution in [0.1, 0.15) is 13.8 Å². The molecular weight excluding hydrogens is 222 g/mol. The molecule has 0 aliphatic carbocycles. The molecule has 0 fully saturated rings. The van der Waals surface area contributed by atoms with E-state index in [-0.39, 0.29) is 24.0 Å². The van der Waals surface area contributed by atoms with Crippen molar-refractivity contribution < 1.29 is 13.6 Å². The Hall–Kier alpha value is 0.600. The summed E-state index contributed by atoms with van der Waals surface area (Å²) in [6, 6.07) is 0. The van der Waals surface area contributed by atoms with Crippen LogP contribution in [-0.4, -0.2) is 24.0 Å². The Morgan fingerprint density at radius 1 is 1.17 bits per heavy atom. The zero-order valence-corrected chi connectivity index (χ0v) is 9.40. The summed E-state index contributed by atoms with van der Waals surface area (Å²) in [6.45, 7) is 3.92. The fraction of sp³-hybridized carbons (Fsp3) is 1.00. The summed E-state index contributed by atoms with van der Waals surface area (Å²) in [7, 11) is -2.06. The van der Waals surface area contributed by atoms with E-state index in [1.54, 1.807) is 13.8 Å². The molecule has 0 saturated heterocycles. The zero-order chi connectivity index (χ0) is 9.56. The third-order valence-corrected chi connectivity index (χ3v) is 1.79. The van der Waals surface area contributed by atoms with E-state index in [0.29, 0.717) is 0 Å². The number of rotatable bonds is 6. The van der Waals surface area contributed by atoms with E-state index in [0.717, 1.165) is 0 Å². The van der Waals surface area contributed by atoms with Crippen molar-refractivity contribution in [1.82, 2.24) is 0 Å². The minimum absolute atomic E-state index is 0.166. The SMILES string of the molecule is CC(Cl)CO[P+](=O)OCC(C)Cl. The van der Waals surface area contributed by atoms with Crippen molar-refractivity contribution >= 4 is 31.5 Å². The molecular formula is C6H12Cl2O3P+. The summed E-state index contributed by atoms with van der Waals surface area (Å²) < 4.78 is 20.3. The van der Waals surface area contributed by atoms with Gasteiger partial charge in [-0.05, 0) is 13.8 Å². The van der Waals surface area contributed by atoms with Gasteiger partial charge in [-0.25, -0.2) is 0 Å². The second kappa shape index (κ2) is 7.05. The highest BCUT2D eigenvalue weighted by atomic mass is 35.5. The average molecular weight is 234 g/mol. The second-order valence-electron chi connectivity index (χ2n) is 2.38. The van der Waals surface area contributed by atoms with Crippen LogP contribution in [0.15, 0.2) is 0 Å². The molecule has 2 unspecified atom stereocenters. The topological polar surface area (TPSA) is 35.5 Å². The largest absolute Gasteiger partial charge is 0.697 e. The lowest BCUT2D eigenvalue weighted by molar-refractivity contribution is 0.228.